The van der Waals surface area contributed by atoms with Crippen LogP contribution in [0.5, 0.6) is 0 Å². The molecule has 0 aliphatic carbocycles. The van der Waals surface area contributed by atoms with Crippen LogP contribution in [-0.4, -0.2) is 25.4 Å². The summed E-state index contributed by atoms with van der Waals surface area (Å²) in [5.41, 5.74) is 4.38. The number of halogens is 1. The fraction of sp³-hybridized carbons (Fsp3) is 0.207. The number of hydrogen-bond donors (Lipinski definition) is 0. The maximum atomic E-state index is 13.5. The van der Waals surface area contributed by atoms with Gasteiger partial charge in [0.2, 0.25) is 0 Å². The van der Waals surface area contributed by atoms with E-state index in [9.17, 15) is 14.9 Å². The molecule has 192 valence electrons. The normalized spacial score (nSPS) is 11.7. The molecule has 38 heavy (non-hydrogen) atoms. The van der Waals surface area contributed by atoms with Crippen LogP contribution in [0.2, 0.25) is 0 Å². The van der Waals surface area contributed by atoms with E-state index in [-0.39, 0.29) is 11.2 Å². The van der Waals surface area contributed by atoms with Gasteiger partial charge in [0.1, 0.15) is 5.82 Å². The molecule has 0 saturated carbocycles. The minimum atomic E-state index is -0.397. The van der Waals surface area contributed by atoms with Crippen LogP contribution in [0.1, 0.15) is 42.4 Å². The Labute approximate surface area is 227 Å². The van der Waals surface area contributed by atoms with Gasteiger partial charge in [-0.05, 0) is 43.2 Å². The summed E-state index contributed by atoms with van der Waals surface area (Å²) in [6.45, 7) is 4.67. The summed E-state index contributed by atoms with van der Waals surface area (Å²) in [6.07, 6.45) is 4.27. The average Bonchev–Trinajstić information content (AvgIpc) is 3.18. The van der Waals surface area contributed by atoms with Crippen molar-refractivity contribution in [2.45, 2.75) is 39.7 Å². The Morgan fingerprint density at radius 2 is 1.84 bits per heavy atom. The maximum absolute atomic E-state index is 13.5. The number of para-hydroxylation sites is 1. The summed E-state index contributed by atoms with van der Waals surface area (Å²) < 4.78 is 4.40. The number of non-ortho nitro benzene ring substituents is 1. The molecule has 0 saturated heterocycles. The summed E-state index contributed by atoms with van der Waals surface area (Å²) in [7, 11) is 0. The van der Waals surface area contributed by atoms with Crippen LogP contribution in [-0.2, 0) is 13.0 Å². The Morgan fingerprint density at radius 3 is 2.58 bits per heavy atom. The summed E-state index contributed by atoms with van der Waals surface area (Å²) in [5.74, 6) is 0.634. The smallest absolute Gasteiger partial charge is 0.282 e. The molecule has 0 N–H and O–H groups in total. The van der Waals surface area contributed by atoms with Crippen molar-refractivity contribution >= 4 is 49.6 Å². The minimum Gasteiger partial charge on any atom is -0.340 e. The predicted molar refractivity (Wildman–Crippen MR) is 154 cm³/mol. The first-order valence-corrected chi connectivity index (χ1v) is 13.2. The van der Waals surface area contributed by atoms with Gasteiger partial charge in [-0.3, -0.25) is 14.9 Å². The molecule has 2 aromatic heterocycles. The summed E-state index contributed by atoms with van der Waals surface area (Å²) in [6, 6.07) is 20.1. The van der Waals surface area contributed by atoms with Gasteiger partial charge in [0.25, 0.3) is 11.2 Å². The number of benzene rings is 3. The van der Waals surface area contributed by atoms with Crippen molar-refractivity contribution in [3.8, 4) is 0 Å². The monoisotopic (exact) mass is 571 g/mol. The fourth-order valence-electron chi connectivity index (χ4n) is 4.66. The molecular weight excluding hydrogens is 546 g/mol. The van der Waals surface area contributed by atoms with Crippen LogP contribution >= 0.6 is 15.9 Å². The first-order chi connectivity index (χ1) is 18.4. The van der Waals surface area contributed by atoms with Gasteiger partial charge in [-0.15, -0.1) is 0 Å². The van der Waals surface area contributed by atoms with E-state index in [2.05, 4.69) is 32.5 Å². The van der Waals surface area contributed by atoms with Gasteiger partial charge in [0.05, 0.1) is 22.0 Å². The van der Waals surface area contributed by atoms with Crippen LogP contribution in [0, 0.1) is 17.0 Å². The van der Waals surface area contributed by atoms with Gasteiger partial charge in [-0.2, -0.15) is 9.78 Å². The van der Waals surface area contributed by atoms with E-state index in [4.69, 9.17) is 4.98 Å². The van der Waals surface area contributed by atoms with Crippen molar-refractivity contribution < 1.29 is 4.92 Å². The Kier molecular flexibility index (Phi) is 7.20. The van der Waals surface area contributed by atoms with Gasteiger partial charge in [0, 0.05) is 51.7 Å². The topological polar surface area (TPSA) is 95.3 Å². The Bertz CT molecular complexity index is 1750. The quantitative estimate of drug-likeness (QED) is 0.119. The second-order valence-electron chi connectivity index (χ2n) is 9.18. The molecule has 5 aromatic rings. The highest BCUT2D eigenvalue weighted by molar-refractivity contribution is 9.10. The Morgan fingerprint density at radius 1 is 1.08 bits per heavy atom. The molecule has 0 spiro atoms. The van der Waals surface area contributed by atoms with Crippen molar-refractivity contribution in [1.29, 1.82) is 0 Å². The SMILES string of the molecule is CCCCc1nc2ccc(Br)cc2c(=O)n1N=Cc1c(C)n(Cc2ccc([N+](=O)[O-])cc2)c2ccccc12. The summed E-state index contributed by atoms with van der Waals surface area (Å²) in [4.78, 5) is 28.9. The zero-order valence-electron chi connectivity index (χ0n) is 21.1. The Hall–Kier alpha value is -4.11. The summed E-state index contributed by atoms with van der Waals surface area (Å²) >= 11 is 3.45. The lowest BCUT2D eigenvalue weighted by Crippen LogP contribution is -2.22. The molecular formula is C29H26BrN5O3. The molecule has 0 radical (unpaired) electrons. The zero-order valence-corrected chi connectivity index (χ0v) is 22.7. The Balaban J connectivity index is 1.60. The van der Waals surface area contributed by atoms with Crippen LogP contribution in [0.25, 0.3) is 21.8 Å². The third-order valence-corrected chi connectivity index (χ3v) is 7.19. The minimum absolute atomic E-state index is 0.0657. The van der Waals surface area contributed by atoms with Crippen molar-refractivity contribution in [1.82, 2.24) is 14.2 Å². The van der Waals surface area contributed by atoms with Crippen molar-refractivity contribution in [2.24, 2.45) is 5.10 Å². The van der Waals surface area contributed by atoms with Gasteiger partial charge < -0.3 is 4.57 Å². The second-order valence-corrected chi connectivity index (χ2v) is 10.1. The number of nitro benzene ring substituents is 1. The molecule has 9 heteroatoms. The molecule has 2 heterocycles. The fourth-order valence-corrected chi connectivity index (χ4v) is 5.02. The van der Waals surface area contributed by atoms with Gasteiger partial charge in [-0.25, -0.2) is 4.98 Å². The second kappa shape index (κ2) is 10.7. The first kappa shape index (κ1) is 25.5. The lowest BCUT2D eigenvalue weighted by atomic mass is 10.1. The van der Waals surface area contributed by atoms with Gasteiger partial charge >= 0.3 is 0 Å². The predicted octanol–water partition coefficient (Wildman–Crippen LogP) is 6.60. The molecule has 0 unspecified atom stereocenters. The highest BCUT2D eigenvalue weighted by Gasteiger charge is 2.15. The van der Waals surface area contributed by atoms with Gasteiger partial charge in [0.15, 0.2) is 0 Å². The molecule has 0 aliphatic rings. The maximum Gasteiger partial charge on any atom is 0.282 e. The largest absolute Gasteiger partial charge is 0.340 e. The molecule has 0 atom stereocenters. The number of nitrogens with zero attached hydrogens (tertiary/aromatic N) is 5. The molecule has 0 amide bonds. The number of aryl methyl sites for hydroxylation is 1. The average molecular weight is 572 g/mol. The number of unbranched alkanes of at least 4 members (excludes halogenated alkanes) is 1. The van der Waals surface area contributed by atoms with E-state index in [0.29, 0.717) is 29.7 Å². The van der Waals surface area contributed by atoms with E-state index in [0.717, 1.165) is 45.0 Å². The van der Waals surface area contributed by atoms with E-state index in [1.54, 1.807) is 24.4 Å². The molecule has 0 fully saturated rings. The molecule has 3 aromatic carbocycles. The highest BCUT2D eigenvalue weighted by atomic mass is 79.9. The van der Waals surface area contributed by atoms with Crippen molar-refractivity contribution in [3.05, 3.63) is 114 Å². The van der Waals surface area contributed by atoms with E-state index in [1.165, 1.54) is 16.8 Å². The molecule has 5 rings (SSSR count). The van der Waals surface area contributed by atoms with E-state index in [1.807, 2.05) is 43.3 Å². The van der Waals surface area contributed by atoms with Crippen molar-refractivity contribution in [2.75, 3.05) is 0 Å². The lowest BCUT2D eigenvalue weighted by molar-refractivity contribution is -0.384. The zero-order chi connectivity index (χ0) is 26.8. The first-order valence-electron chi connectivity index (χ1n) is 12.4. The van der Waals surface area contributed by atoms with Gasteiger partial charge in [-0.1, -0.05) is 59.6 Å². The van der Waals surface area contributed by atoms with Crippen molar-refractivity contribution in [3.63, 3.8) is 0 Å². The number of rotatable bonds is 8. The van der Waals surface area contributed by atoms with Crippen LogP contribution in [0.15, 0.2) is 81.1 Å². The van der Waals surface area contributed by atoms with E-state index >= 15 is 0 Å². The molecule has 0 aliphatic heterocycles. The highest BCUT2D eigenvalue weighted by Crippen LogP contribution is 2.26. The standard InChI is InChI=1S/C29H26BrN5O3/c1-3-4-9-28-32-26-15-12-21(30)16-24(26)29(36)34(28)31-17-25-19(2)33(27-8-6-5-7-23(25)27)18-20-10-13-22(14-11-20)35(37)38/h5-8,10-17H,3-4,9,18H2,1-2H3. The van der Waals surface area contributed by atoms with Crippen LogP contribution < -0.4 is 5.56 Å². The molecule has 8 nitrogen and oxygen atoms in total. The third kappa shape index (κ3) is 4.89. The number of hydrogen-bond acceptors (Lipinski definition) is 5. The van der Waals surface area contributed by atoms with Crippen LogP contribution in [0.3, 0.4) is 0 Å². The number of aromatic nitrogens is 3. The lowest BCUT2D eigenvalue weighted by Gasteiger charge is -2.10. The third-order valence-electron chi connectivity index (χ3n) is 6.70. The van der Waals surface area contributed by atoms with E-state index < -0.39 is 4.92 Å². The number of fused-ring (bicyclic) bond motifs is 2. The van der Waals surface area contributed by atoms with Crippen LogP contribution in [0.4, 0.5) is 5.69 Å². The molecule has 0 bridgehead atoms. The number of nitro groups is 1. The summed E-state index contributed by atoms with van der Waals surface area (Å²) in [5, 5.41) is 17.2.